The highest BCUT2D eigenvalue weighted by Crippen LogP contribution is 2.26. The van der Waals surface area contributed by atoms with Crippen molar-refractivity contribution in [2.24, 2.45) is 0 Å². The first-order valence-electron chi connectivity index (χ1n) is 5.36. The molecule has 0 unspecified atom stereocenters. The van der Waals surface area contributed by atoms with Crippen LogP contribution in [0.4, 0.5) is 0 Å². The summed E-state index contributed by atoms with van der Waals surface area (Å²) < 4.78 is 4.64. The molecular formula is C12H14N2O2S. The third-order valence-corrected chi connectivity index (χ3v) is 3.55. The van der Waals surface area contributed by atoms with Gasteiger partial charge >= 0.3 is 0 Å². The predicted octanol–water partition coefficient (Wildman–Crippen LogP) is 2.84. The van der Waals surface area contributed by atoms with Gasteiger partial charge < -0.3 is 9.84 Å². The quantitative estimate of drug-likeness (QED) is 0.911. The van der Waals surface area contributed by atoms with E-state index in [1.807, 2.05) is 6.92 Å². The zero-order valence-electron chi connectivity index (χ0n) is 9.98. The largest absolute Gasteiger partial charge is 0.364 e. The summed E-state index contributed by atoms with van der Waals surface area (Å²) in [7, 11) is 0. The number of aromatic nitrogens is 1. The van der Waals surface area contributed by atoms with E-state index in [0.29, 0.717) is 5.69 Å². The van der Waals surface area contributed by atoms with Crippen molar-refractivity contribution in [3.8, 4) is 0 Å². The number of amides is 1. The molecule has 0 spiro atoms. The Morgan fingerprint density at radius 2 is 2.29 bits per heavy atom. The Labute approximate surface area is 104 Å². The molecule has 0 saturated carbocycles. The van der Waals surface area contributed by atoms with E-state index < -0.39 is 0 Å². The number of hydrogen-bond donors (Lipinski definition) is 1. The Kier molecular flexibility index (Phi) is 3.28. The molecule has 0 saturated heterocycles. The molecule has 1 atom stereocenters. The van der Waals surface area contributed by atoms with E-state index in [4.69, 9.17) is 0 Å². The highest BCUT2D eigenvalue weighted by atomic mass is 32.1. The number of nitrogens with zero attached hydrogens (tertiary/aromatic N) is 1. The number of hydrogen-bond acceptors (Lipinski definition) is 4. The fourth-order valence-electron chi connectivity index (χ4n) is 1.76. The van der Waals surface area contributed by atoms with E-state index in [2.05, 4.69) is 34.9 Å². The maximum absolute atomic E-state index is 11.8. The van der Waals surface area contributed by atoms with Gasteiger partial charge in [-0.1, -0.05) is 5.16 Å². The Balaban J connectivity index is 2.09. The number of rotatable bonds is 3. The summed E-state index contributed by atoms with van der Waals surface area (Å²) in [5.41, 5.74) is 1.46. The van der Waals surface area contributed by atoms with E-state index in [-0.39, 0.29) is 11.9 Å². The highest BCUT2D eigenvalue weighted by Gasteiger charge is 2.16. The van der Waals surface area contributed by atoms with Crippen LogP contribution in [-0.2, 0) is 0 Å². The first-order valence-corrected chi connectivity index (χ1v) is 6.17. The number of carbonyl (C=O) groups excluding carboxylic acids is 1. The summed E-state index contributed by atoms with van der Waals surface area (Å²) in [5.74, 6) is -0.213. The maximum atomic E-state index is 11.8. The van der Waals surface area contributed by atoms with E-state index in [0.717, 1.165) is 5.56 Å². The molecule has 1 N–H and O–H groups in total. The SMILES string of the molecule is Cc1cc([C@@H](C)NC(=O)c2ccon2)c(C)s1. The van der Waals surface area contributed by atoms with Gasteiger partial charge in [-0.2, -0.15) is 0 Å². The fraction of sp³-hybridized carbons (Fsp3) is 0.333. The Hall–Kier alpha value is -1.62. The molecule has 17 heavy (non-hydrogen) atoms. The van der Waals surface area contributed by atoms with Crippen LogP contribution in [0.25, 0.3) is 0 Å². The molecule has 2 rings (SSSR count). The van der Waals surface area contributed by atoms with Crippen molar-refractivity contribution in [3.05, 3.63) is 39.4 Å². The predicted molar refractivity (Wildman–Crippen MR) is 66.2 cm³/mol. The van der Waals surface area contributed by atoms with Crippen molar-refractivity contribution in [3.63, 3.8) is 0 Å². The summed E-state index contributed by atoms with van der Waals surface area (Å²) >= 11 is 1.74. The molecule has 2 heterocycles. The average Bonchev–Trinajstić information content (AvgIpc) is 2.87. The van der Waals surface area contributed by atoms with Gasteiger partial charge in [0.2, 0.25) is 0 Å². The highest BCUT2D eigenvalue weighted by molar-refractivity contribution is 7.12. The van der Waals surface area contributed by atoms with E-state index >= 15 is 0 Å². The third kappa shape index (κ3) is 2.55. The number of aryl methyl sites for hydroxylation is 2. The lowest BCUT2D eigenvalue weighted by Gasteiger charge is -2.12. The molecule has 4 nitrogen and oxygen atoms in total. The molecule has 0 fully saturated rings. The minimum absolute atomic E-state index is 0.0239. The van der Waals surface area contributed by atoms with Gasteiger partial charge in [-0.05, 0) is 32.4 Å². The number of nitrogens with one attached hydrogen (secondary N) is 1. The summed E-state index contributed by atoms with van der Waals surface area (Å²) in [6, 6.07) is 3.63. The second-order valence-electron chi connectivity index (χ2n) is 3.95. The Bertz CT molecular complexity index is 517. The standard InChI is InChI=1S/C12H14N2O2S/c1-7-6-10(9(3)17-7)8(2)13-12(15)11-4-5-16-14-11/h4-6,8H,1-3H3,(H,13,15)/t8-/m1/s1. The summed E-state index contributed by atoms with van der Waals surface area (Å²) in [6.45, 7) is 6.09. The Morgan fingerprint density at radius 3 is 2.82 bits per heavy atom. The van der Waals surface area contributed by atoms with Gasteiger partial charge in [0.1, 0.15) is 6.26 Å². The van der Waals surface area contributed by atoms with E-state index in [9.17, 15) is 4.79 Å². The lowest BCUT2D eigenvalue weighted by molar-refractivity contribution is 0.0930. The van der Waals surface area contributed by atoms with Gasteiger partial charge in [0.15, 0.2) is 5.69 Å². The zero-order chi connectivity index (χ0) is 12.4. The minimum Gasteiger partial charge on any atom is -0.364 e. The van der Waals surface area contributed by atoms with Crippen LogP contribution in [0.3, 0.4) is 0 Å². The van der Waals surface area contributed by atoms with Crippen molar-refractivity contribution in [2.45, 2.75) is 26.8 Å². The van der Waals surface area contributed by atoms with Crippen molar-refractivity contribution in [1.82, 2.24) is 10.5 Å². The second-order valence-corrected chi connectivity index (χ2v) is 5.41. The van der Waals surface area contributed by atoms with Crippen molar-refractivity contribution < 1.29 is 9.32 Å². The molecule has 1 amide bonds. The van der Waals surface area contributed by atoms with Crippen LogP contribution in [0.1, 0.15) is 38.8 Å². The molecule has 0 radical (unpaired) electrons. The molecule has 0 aliphatic heterocycles. The van der Waals surface area contributed by atoms with E-state index in [1.165, 1.54) is 16.0 Å². The maximum Gasteiger partial charge on any atom is 0.273 e. The molecule has 0 aliphatic rings. The van der Waals surface area contributed by atoms with E-state index in [1.54, 1.807) is 17.4 Å². The topological polar surface area (TPSA) is 55.1 Å². The molecule has 90 valence electrons. The van der Waals surface area contributed by atoms with Crippen molar-refractivity contribution in [2.75, 3.05) is 0 Å². The van der Waals surface area contributed by atoms with Gasteiger partial charge in [-0.25, -0.2) is 0 Å². The van der Waals surface area contributed by atoms with Gasteiger partial charge in [0, 0.05) is 15.8 Å². The Morgan fingerprint density at radius 1 is 1.53 bits per heavy atom. The minimum atomic E-state index is -0.213. The molecular weight excluding hydrogens is 236 g/mol. The zero-order valence-corrected chi connectivity index (χ0v) is 10.8. The van der Waals surface area contributed by atoms with Crippen LogP contribution in [0.15, 0.2) is 22.9 Å². The second kappa shape index (κ2) is 4.71. The van der Waals surface area contributed by atoms with Gasteiger partial charge in [0.25, 0.3) is 5.91 Å². The number of carbonyl (C=O) groups is 1. The molecule has 0 aliphatic carbocycles. The van der Waals surface area contributed by atoms with Crippen LogP contribution in [-0.4, -0.2) is 11.1 Å². The lowest BCUT2D eigenvalue weighted by atomic mass is 10.1. The first-order chi connectivity index (χ1) is 8.08. The monoisotopic (exact) mass is 250 g/mol. The molecule has 0 aromatic carbocycles. The van der Waals surface area contributed by atoms with Gasteiger partial charge in [0.05, 0.1) is 6.04 Å². The summed E-state index contributed by atoms with van der Waals surface area (Å²) in [5, 5.41) is 6.50. The summed E-state index contributed by atoms with van der Waals surface area (Å²) in [6.07, 6.45) is 1.39. The van der Waals surface area contributed by atoms with Gasteiger partial charge in [-0.15, -0.1) is 11.3 Å². The van der Waals surface area contributed by atoms with Crippen molar-refractivity contribution in [1.29, 1.82) is 0 Å². The molecule has 2 aromatic rings. The smallest absolute Gasteiger partial charge is 0.273 e. The van der Waals surface area contributed by atoms with Crippen LogP contribution in [0.5, 0.6) is 0 Å². The van der Waals surface area contributed by atoms with Crippen LogP contribution >= 0.6 is 11.3 Å². The molecule has 0 bridgehead atoms. The van der Waals surface area contributed by atoms with Crippen LogP contribution < -0.4 is 5.32 Å². The first kappa shape index (κ1) is 11.9. The average molecular weight is 250 g/mol. The number of thiophene rings is 1. The lowest BCUT2D eigenvalue weighted by Crippen LogP contribution is -2.26. The van der Waals surface area contributed by atoms with Crippen LogP contribution in [0.2, 0.25) is 0 Å². The summed E-state index contributed by atoms with van der Waals surface area (Å²) in [4.78, 5) is 14.3. The van der Waals surface area contributed by atoms with Crippen LogP contribution in [0, 0.1) is 13.8 Å². The molecule has 5 heteroatoms. The third-order valence-electron chi connectivity index (χ3n) is 2.56. The molecule has 2 aromatic heterocycles. The van der Waals surface area contributed by atoms with Crippen molar-refractivity contribution >= 4 is 17.2 Å². The fourth-order valence-corrected chi connectivity index (χ4v) is 2.78. The van der Waals surface area contributed by atoms with Gasteiger partial charge in [-0.3, -0.25) is 4.79 Å². The normalized spacial score (nSPS) is 12.4.